The lowest BCUT2D eigenvalue weighted by molar-refractivity contribution is 0.206. The Morgan fingerprint density at radius 2 is 2.15 bits per heavy atom. The van der Waals surface area contributed by atoms with Gasteiger partial charge in [0.25, 0.3) is 0 Å². The van der Waals surface area contributed by atoms with Gasteiger partial charge in [0.05, 0.1) is 17.8 Å². The monoisotopic (exact) mass is 363 g/mol. The van der Waals surface area contributed by atoms with Gasteiger partial charge in [0.1, 0.15) is 17.6 Å². The van der Waals surface area contributed by atoms with Crippen molar-refractivity contribution in [3.63, 3.8) is 0 Å². The van der Waals surface area contributed by atoms with Crippen LogP contribution in [0, 0.1) is 17.1 Å². The molecule has 0 saturated heterocycles. The standard InChI is InChI=1S/C18H14FN7O/c19-14-3-2-12(8-11(14)9-20)23-18(27)26-7-4-15-13(10-26)16(25-24-15)17-21-5-1-6-22-17/h1-3,5-6,8H,4,7,10H2,(H,23,27)(H,24,25). The number of hydrogen-bond acceptors (Lipinski definition) is 5. The summed E-state index contributed by atoms with van der Waals surface area (Å²) in [7, 11) is 0. The van der Waals surface area contributed by atoms with E-state index < -0.39 is 5.82 Å². The molecule has 3 heterocycles. The average Bonchev–Trinajstić information content (AvgIpc) is 3.13. The Bertz CT molecular complexity index is 1040. The predicted octanol–water partition coefficient (Wildman–Crippen LogP) is 2.47. The van der Waals surface area contributed by atoms with E-state index >= 15 is 0 Å². The second kappa shape index (κ2) is 6.84. The van der Waals surface area contributed by atoms with E-state index in [-0.39, 0.29) is 11.6 Å². The van der Waals surface area contributed by atoms with Gasteiger partial charge in [0, 0.05) is 36.6 Å². The van der Waals surface area contributed by atoms with Gasteiger partial charge in [-0.25, -0.2) is 19.2 Å². The van der Waals surface area contributed by atoms with Crippen molar-refractivity contribution in [2.24, 2.45) is 0 Å². The summed E-state index contributed by atoms with van der Waals surface area (Å²) in [5.41, 5.74) is 2.70. The van der Waals surface area contributed by atoms with Gasteiger partial charge < -0.3 is 10.2 Å². The first-order valence-electron chi connectivity index (χ1n) is 8.25. The lowest BCUT2D eigenvalue weighted by atomic mass is 10.1. The summed E-state index contributed by atoms with van der Waals surface area (Å²) in [6.07, 6.45) is 3.88. The van der Waals surface area contributed by atoms with Gasteiger partial charge in [-0.05, 0) is 24.3 Å². The number of carbonyl (C=O) groups excluding carboxylic acids is 1. The summed E-state index contributed by atoms with van der Waals surface area (Å²) in [6.45, 7) is 0.836. The molecule has 0 aliphatic carbocycles. The molecule has 4 rings (SSSR count). The van der Waals surface area contributed by atoms with Crippen LogP contribution in [0.5, 0.6) is 0 Å². The first-order chi connectivity index (χ1) is 13.2. The lowest BCUT2D eigenvalue weighted by Gasteiger charge is -2.27. The zero-order valence-electron chi connectivity index (χ0n) is 14.1. The van der Waals surface area contributed by atoms with E-state index in [2.05, 4.69) is 25.5 Å². The Morgan fingerprint density at radius 1 is 1.33 bits per heavy atom. The predicted molar refractivity (Wildman–Crippen MR) is 93.9 cm³/mol. The SMILES string of the molecule is N#Cc1cc(NC(=O)N2CCc3n[nH]c(-c4ncccn4)c3C2)ccc1F. The number of H-pyrrole nitrogens is 1. The number of aromatic nitrogens is 4. The van der Waals surface area contributed by atoms with E-state index in [1.54, 1.807) is 29.4 Å². The number of nitrogens with zero attached hydrogens (tertiary/aromatic N) is 5. The van der Waals surface area contributed by atoms with Crippen LogP contribution in [0.2, 0.25) is 0 Å². The van der Waals surface area contributed by atoms with Crippen LogP contribution < -0.4 is 5.32 Å². The minimum Gasteiger partial charge on any atom is -0.320 e. The first-order valence-corrected chi connectivity index (χ1v) is 8.25. The topological polar surface area (TPSA) is 111 Å². The Kier molecular flexibility index (Phi) is 4.22. The molecule has 2 aromatic heterocycles. The van der Waals surface area contributed by atoms with Crippen LogP contribution in [-0.2, 0) is 13.0 Å². The lowest BCUT2D eigenvalue weighted by Crippen LogP contribution is -2.38. The molecule has 0 radical (unpaired) electrons. The molecule has 1 aliphatic rings. The summed E-state index contributed by atoms with van der Waals surface area (Å²) >= 11 is 0. The highest BCUT2D eigenvalue weighted by atomic mass is 19.1. The molecule has 8 nitrogen and oxygen atoms in total. The molecule has 1 aromatic carbocycles. The fourth-order valence-corrected chi connectivity index (χ4v) is 2.97. The molecule has 0 fully saturated rings. The van der Waals surface area contributed by atoms with E-state index in [1.807, 2.05) is 0 Å². The van der Waals surface area contributed by atoms with Crippen molar-refractivity contribution >= 4 is 11.7 Å². The molecule has 0 saturated carbocycles. The van der Waals surface area contributed by atoms with Crippen LogP contribution in [0.1, 0.15) is 16.8 Å². The number of urea groups is 1. The zero-order chi connectivity index (χ0) is 18.8. The van der Waals surface area contributed by atoms with Crippen LogP contribution in [0.3, 0.4) is 0 Å². The normalized spacial score (nSPS) is 13.0. The number of halogens is 1. The highest BCUT2D eigenvalue weighted by Crippen LogP contribution is 2.26. The minimum atomic E-state index is -0.621. The Labute approximate surface area is 153 Å². The number of aromatic amines is 1. The van der Waals surface area contributed by atoms with Crippen LogP contribution in [0.4, 0.5) is 14.9 Å². The maximum atomic E-state index is 13.4. The van der Waals surface area contributed by atoms with Gasteiger partial charge in [-0.2, -0.15) is 10.4 Å². The third-order valence-corrected chi connectivity index (χ3v) is 4.33. The number of nitrogens with one attached hydrogen (secondary N) is 2. The number of anilines is 1. The number of carbonyl (C=O) groups is 1. The highest BCUT2D eigenvalue weighted by Gasteiger charge is 2.26. The Balaban J connectivity index is 1.54. The molecule has 3 aromatic rings. The van der Waals surface area contributed by atoms with Crippen LogP contribution in [0.25, 0.3) is 11.5 Å². The van der Waals surface area contributed by atoms with E-state index in [0.29, 0.717) is 36.7 Å². The highest BCUT2D eigenvalue weighted by molar-refractivity contribution is 5.89. The molecule has 0 spiro atoms. The summed E-state index contributed by atoms with van der Waals surface area (Å²) in [4.78, 5) is 22.7. The fraction of sp³-hybridized carbons (Fsp3) is 0.167. The zero-order valence-corrected chi connectivity index (χ0v) is 14.1. The van der Waals surface area contributed by atoms with Gasteiger partial charge in [0.2, 0.25) is 0 Å². The Morgan fingerprint density at radius 3 is 2.93 bits per heavy atom. The Hall–Kier alpha value is -3.80. The van der Waals surface area contributed by atoms with Gasteiger partial charge in [-0.15, -0.1) is 0 Å². The average molecular weight is 363 g/mol. The first kappa shape index (κ1) is 16.7. The van der Waals surface area contributed by atoms with Crippen molar-refractivity contribution in [2.45, 2.75) is 13.0 Å². The van der Waals surface area contributed by atoms with E-state index in [9.17, 15) is 9.18 Å². The van der Waals surface area contributed by atoms with Crippen molar-refractivity contribution in [1.29, 1.82) is 5.26 Å². The van der Waals surface area contributed by atoms with Crippen molar-refractivity contribution in [3.05, 3.63) is 59.3 Å². The third-order valence-electron chi connectivity index (χ3n) is 4.33. The van der Waals surface area contributed by atoms with Crippen molar-refractivity contribution in [3.8, 4) is 17.6 Å². The maximum absolute atomic E-state index is 13.4. The fourth-order valence-electron chi connectivity index (χ4n) is 2.97. The number of rotatable bonds is 2. The van der Waals surface area contributed by atoms with Crippen molar-refractivity contribution < 1.29 is 9.18 Å². The number of nitriles is 1. The molecule has 27 heavy (non-hydrogen) atoms. The van der Waals surface area contributed by atoms with Crippen LogP contribution in [0.15, 0.2) is 36.7 Å². The molecule has 0 bridgehead atoms. The van der Waals surface area contributed by atoms with E-state index in [1.165, 1.54) is 12.1 Å². The second-order valence-corrected chi connectivity index (χ2v) is 6.00. The molecule has 2 amide bonds. The summed E-state index contributed by atoms with van der Waals surface area (Å²) in [6, 6.07) is 7.03. The third kappa shape index (κ3) is 3.20. The number of amides is 2. The molecular formula is C18H14FN7O. The summed E-state index contributed by atoms with van der Waals surface area (Å²) < 4.78 is 13.4. The maximum Gasteiger partial charge on any atom is 0.322 e. The molecule has 2 N–H and O–H groups in total. The molecule has 1 aliphatic heterocycles. The number of benzene rings is 1. The smallest absolute Gasteiger partial charge is 0.320 e. The van der Waals surface area contributed by atoms with Gasteiger partial charge in [-0.3, -0.25) is 5.10 Å². The van der Waals surface area contributed by atoms with Crippen molar-refractivity contribution in [1.82, 2.24) is 25.1 Å². The molecule has 9 heteroatoms. The summed E-state index contributed by atoms with van der Waals surface area (Å²) in [5.74, 6) is -0.102. The van der Waals surface area contributed by atoms with Gasteiger partial charge >= 0.3 is 6.03 Å². The van der Waals surface area contributed by atoms with Gasteiger partial charge in [-0.1, -0.05) is 0 Å². The van der Waals surface area contributed by atoms with Crippen molar-refractivity contribution in [2.75, 3.05) is 11.9 Å². The molecule has 0 atom stereocenters. The van der Waals surface area contributed by atoms with Gasteiger partial charge in [0.15, 0.2) is 5.82 Å². The molecular weight excluding hydrogens is 349 g/mol. The quantitative estimate of drug-likeness (QED) is 0.727. The van der Waals surface area contributed by atoms with E-state index in [0.717, 1.165) is 17.3 Å². The molecule has 134 valence electrons. The summed E-state index contributed by atoms with van der Waals surface area (Å²) in [5, 5.41) is 18.9. The van der Waals surface area contributed by atoms with Crippen LogP contribution >= 0.6 is 0 Å². The minimum absolute atomic E-state index is 0.118. The second-order valence-electron chi connectivity index (χ2n) is 6.00. The van der Waals surface area contributed by atoms with E-state index in [4.69, 9.17) is 5.26 Å². The molecule has 0 unspecified atom stereocenters. The largest absolute Gasteiger partial charge is 0.322 e. The number of fused-ring (bicyclic) bond motifs is 1. The number of hydrogen-bond donors (Lipinski definition) is 2. The van der Waals surface area contributed by atoms with Crippen LogP contribution in [-0.4, -0.2) is 37.6 Å².